The summed E-state index contributed by atoms with van der Waals surface area (Å²) in [5.41, 5.74) is 1.37. The minimum Gasteiger partial charge on any atom is -0.545 e. The smallest absolute Gasteiger partial charge is 0.235 e. The van der Waals surface area contributed by atoms with Crippen LogP contribution in [0.25, 0.3) is 10.2 Å². The lowest BCUT2D eigenvalue weighted by molar-refractivity contribution is -0.673. The number of hydrogen-bond acceptors (Lipinski definition) is 3. The average Bonchev–Trinajstić information content (AvgIpc) is 2.61. The topological polar surface area (TPSA) is 44.0 Å². The predicted molar refractivity (Wildman–Crippen MR) is 66.0 cm³/mol. The molecule has 2 rings (SSSR count). The van der Waals surface area contributed by atoms with E-state index in [4.69, 9.17) is 0 Å². The highest BCUT2D eigenvalue weighted by atomic mass is 32.1. The van der Waals surface area contributed by atoms with Crippen molar-refractivity contribution in [1.29, 1.82) is 0 Å². The Balaban J connectivity index is 2.48. The second kappa shape index (κ2) is 4.84. The number of unbranched alkanes of at least 4 members (excludes halogenated alkanes) is 1. The molecule has 3 nitrogen and oxygen atoms in total. The molecule has 0 amide bonds. The van der Waals surface area contributed by atoms with Crippen LogP contribution in [0.15, 0.2) is 18.2 Å². The number of nitrogens with zero attached hydrogens (tertiary/aromatic N) is 1. The Morgan fingerprint density at radius 3 is 2.88 bits per heavy atom. The summed E-state index contributed by atoms with van der Waals surface area (Å²) in [6, 6.07) is 5.19. The number of hydrogen-bond donors (Lipinski definition) is 0. The molecule has 1 aromatic carbocycles. The first kappa shape index (κ1) is 12.0. The lowest BCUT2D eigenvalue weighted by Gasteiger charge is -2.00. The van der Waals surface area contributed by atoms with Gasteiger partial charge in [0.25, 0.3) is 0 Å². The zero-order chi connectivity index (χ0) is 12.4. The number of fused-ring (bicyclic) bond motifs is 1. The quantitative estimate of drug-likeness (QED) is 0.773. The number of carboxylic acid groups (broad SMARTS) is 1. The van der Waals surface area contributed by atoms with E-state index in [0.29, 0.717) is 0 Å². The fraction of sp³-hybridized carbons (Fsp3) is 0.385. The minimum atomic E-state index is -1.11. The molecule has 2 aromatic rings. The van der Waals surface area contributed by atoms with Crippen LogP contribution in [-0.2, 0) is 6.54 Å². The van der Waals surface area contributed by atoms with Crippen molar-refractivity contribution in [3.63, 3.8) is 0 Å². The van der Waals surface area contributed by atoms with E-state index in [-0.39, 0.29) is 5.56 Å². The Kier molecular flexibility index (Phi) is 3.43. The lowest BCUT2D eigenvalue weighted by atomic mass is 10.2. The predicted octanol–water partition coefficient (Wildman–Crippen LogP) is 1.66. The van der Waals surface area contributed by atoms with Gasteiger partial charge in [0.2, 0.25) is 10.5 Å². The molecule has 0 saturated heterocycles. The third-order valence-electron chi connectivity index (χ3n) is 2.86. The molecule has 4 heteroatoms. The summed E-state index contributed by atoms with van der Waals surface area (Å²) in [7, 11) is 0. The summed E-state index contributed by atoms with van der Waals surface area (Å²) < 4.78 is 3.27. The molecular weight excluding hydrogens is 234 g/mol. The van der Waals surface area contributed by atoms with E-state index in [9.17, 15) is 9.90 Å². The zero-order valence-electron chi connectivity index (χ0n) is 10.0. The Hall–Kier alpha value is -1.42. The van der Waals surface area contributed by atoms with E-state index in [1.54, 1.807) is 23.5 Å². The van der Waals surface area contributed by atoms with E-state index in [1.165, 1.54) is 5.01 Å². The number of aromatic carboxylic acids is 1. The molecule has 1 aromatic heterocycles. The van der Waals surface area contributed by atoms with Gasteiger partial charge in [-0.25, -0.2) is 0 Å². The molecule has 0 aliphatic carbocycles. The second-order valence-corrected chi connectivity index (χ2v) is 5.33. The van der Waals surface area contributed by atoms with E-state index in [1.807, 2.05) is 6.07 Å². The van der Waals surface area contributed by atoms with Gasteiger partial charge in [0.05, 0.1) is 5.97 Å². The lowest BCUT2D eigenvalue weighted by Crippen LogP contribution is -2.34. The van der Waals surface area contributed by atoms with Gasteiger partial charge in [-0.05, 0) is 17.7 Å². The largest absolute Gasteiger partial charge is 0.545 e. The van der Waals surface area contributed by atoms with Crippen molar-refractivity contribution in [2.45, 2.75) is 33.2 Å². The molecule has 0 radical (unpaired) electrons. The van der Waals surface area contributed by atoms with Crippen LogP contribution in [-0.4, -0.2) is 5.97 Å². The van der Waals surface area contributed by atoms with Crippen LogP contribution >= 0.6 is 11.3 Å². The molecule has 0 bridgehead atoms. The molecule has 0 saturated carbocycles. The van der Waals surface area contributed by atoms with Crippen molar-refractivity contribution in [2.75, 3.05) is 0 Å². The van der Waals surface area contributed by atoms with Gasteiger partial charge in [-0.3, -0.25) is 0 Å². The summed E-state index contributed by atoms with van der Waals surface area (Å²) in [4.78, 5) is 10.8. The first-order valence-corrected chi connectivity index (χ1v) is 6.59. The van der Waals surface area contributed by atoms with Crippen LogP contribution in [0.3, 0.4) is 0 Å². The van der Waals surface area contributed by atoms with Crippen molar-refractivity contribution >= 4 is 27.5 Å². The van der Waals surface area contributed by atoms with Crippen LogP contribution in [0.1, 0.15) is 35.1 Å². The van der Waals surface area contributed by atoms with Gasteiger partial charge in [-0.1, -0.05) is 24.7 Å². The summed E-state index contributed by atoms with van der Waals surface area (Å²) >= 11 is 1.63. The van der Waals surface area contributed by atoms with Crippen molar-refractivity contribution in [3.05, 3.63) is 28.8 Å². The standard InChI is InChI=1S/C13H15NO2S/c1-3-4-7-14-9(2)17-12-8-10(13(15)16)5-6-11(12)14/h5-6,8H,3-4,7H2,1-2H3. The zero-order valence-corrected chi connectivity index (χ0v) is 10.8. The van der Waals surface area contributed by atoms with Gasteiger partial charge in [0, 0.05) is 19.4 Å². The van der Waals surface area contributed by atoms with Crippen molar-refractivity contribution < 1.29 is 14.5 Å². The number of aryl methyl sites for hydroxylation is 2. The molecule has 17 heavy (non-hydrogen) atoms. The van der Waals surface area contributed by atoms with Crippen LogP contribution < -0.4 is 9.67 Å². The molecule has 0 aliphatic rings. The highest BCUT2D eigenvalue weighted by Crippen LogP contribution is 2.21. The molecule has 0 fully saturated rings. The molecular formula is C13H15NO2S. The van der Waals surface area contributed by atoms with Gasteiger partial charge < -0.3 is 9.90 Å². The third-order valence-corrected chi connectivity index (χ3v) is 3.92. The first-order valence-electron chi connectivity index (χ1n) is 5.78. The second-order valence-electron chi connectivity index (χ2n) is 4.10. The molecule has 0 aliphatic heterocycles. The normalized spacial score (nSPS) is 10.9. The van der Waals surface area contributed by atoms with Gasteiger partial charge in [0.15, 0.2) is 0 Å². The van der Waals surface area contributed by atoms with Crippen molar-refractivity contribution in [3.8, 4) is 0 Å². The van der Waals surface area contributed by atoms with E-state index in [0.717, 1.165) is 29.6 Å². The summed E-state index contributed by atoms with van der Waals surface area (Å²) in [6.07, 6.45) is 2.29. The minimum absolute atomic E-state index is 0.251. The molecule has 0 N–H and O–H groups in total. The number of thiazole rings is 1. The Bertz CT molecular complexity index is 560. The van der Waals surface area contributed by atoms with Crippen molar-refractivity contribution in [1.82, 2.24) is 0 Å². The SMILES string of the molecule is CCCC[n+]1c(C)sc2cc(C(=O)[O-])ccc21. The number of carboxylic acids is 1. The van der Waals surface area contributed by atoms with Crippen molar-refractivity contribution in [2.24, 2.45) is 0 Å². The Labute approximate surface area is 104 Å². The van der Waals surface area contributed by atoms with Crippen LogP contribution in [0.2, 0.25) is 0 Å². The number of carbonyl (C=O) groups is 1. The van der Waals surface area contributed by atoms with Crippen LogP contribution in [0.5, 0.6) is 0 Å². The summed E-state index contributed by atoms with van der Waals surface area (Å²) in [5, 5.41) is 12.0. The summed E-state index contributed by atoms with van der Waals surface area (Å²) in [5.74, 6) is -1.11. The maximum Gasteiger partial charge on any atom is 0.235 e. The Morgan fingerprint density at radius 2 is 2.24 bits per heavy atom. The van der Waals surface area contributed by atoms with Gasteiger partial charge >= 0.3 is 0 Å². The molecule has 1 heterocycles. The molecule has 0 unspecified atom stereocenters. The number of carbonyl (C=O) groups excluding carboxylic acids is 1. The number of rotatable bonds is 4. The van der Waals surface area contributed by atoms with E-state index >= 15 is 0 Å². The first-order chi connectivity index (χ1) is 8.13. The van der Waals surface area contributed by atoms with E-state index < -0.39 is 5.97 Å². The maximum atomic E-state index is 10.8. The van der Waals surface area contributed by atoms with Gasteiger partial charge in [-0.15, -0.1) is 0 Å². The van der Waals surface area contributed by atoms with E-state index in [2.05, 4.69) is 18.4 Å². The fourth-order valence-electron chi connectivity index (χ4n) is 1.92. The average molecular weight is 249 g/mol. The van der Waals surface area contributed by atoms with Gasteiger partial charge in [-0.2, -0.15) is 4.57 Å². The molecule has 0 spiro atoms. The highest BCUT2D eigenvalue weighted by molar-refractivity contribution is 7.18. The molecule has 90 valence electrons. The van der Waals surface area contributed by atoms with Gasteiger partial charge in [0.1, 0.15) is 11.2 Å². The number of aromatic nitrogens is 1. The van der Waals surface area contributed by atoms with Crippen LogP contribution in [0.4, 0.5) is 0 Å². The number of benzene rings is 1. The molecule has 0 atom stereocenters. The van der Waals surface area contributed by atoms with Crippen LogP contribution in [0, 0.1) is 6.92 Å². The Morgan fingerprint density at radius 1 is 1.47 bits per heavy atom. The monoisotopic (exact) mass is 249 g/mol. The highest BCUT2D eigenvalue weighted by Gasteiger charge is 2.16. The maximum absolute atomic E-state index is 10.8. The summed E-state index contributed by atoms with van der Waals surface area (Å²) in [6.45, 7) is 5.23. The third kappa shape index (κ3) is 2.31. The fourth-order valence-corrected chi connectivity index (χ4v) is 3.01.